The summed E-state index contributed by atoms with van der Waals surface area (Å²) in [7, 11) is -3.51. The van der Waals surface area contributed by atoms with E-state index in [0.717, 1.165) is 0 Å². The third kappa shape index (κ3) is 26.4. The molecule has 12 aromatic carbocycles. The summed E-state index contributed by atoms with van der Waals surface area (Å²) >= 11 is 19.1. The van der Waals surface area contributed by atoms with Crippen molar-refractivity contribution in [1.82, 2.24) is 0 Å². The van der Waals surface area contributed by atoms with Gasteiger partial charge in [0.05, 0.1) is 54.3 Å². The Morgan fingerprint density at radius 3 is 0.322 bits per heavy atom. The molecular formula is C76H68Cl4Cu2O4P4+4. The fraction of sp³-hybridized carbons (Fsp3) is 0.0263. The van der Waals surface area contributed by atoms with Gasteiger partial charge >= 0.3 is 34.1 Å². The van der Waals surface area contributed by atoms with E-state index in [1.165, 1.54) is 63.7 Å². The van der Waals surface area contributed by atoms with Crippen LogP contribution in [0, 0.1) is 0 Å². The smallest absolute Gasteiger partial charge is 0.543 e. The number of carbonyl (C=O) groups is 2. The maximum atomic E-state index is 8.93. The van der Waals surface area contributed by atoms with Gasteiger partial charge in [0.15, 0.2) is 0 Å². The van der Waals surface area contributed by atoms with E-state index in [9.17, 15) is 0 Å². The Balaban J connectivity index is 0.000000240. The number of alkyl halides is 4. The topological polar surface area (TPSA) is 80.3 Å². The van der Waals surface area contributed by atoms with Crippen molar-refractivity contribution >= 4 is 154 Å². The molecule has 4 nitrogen and oxygen atoms in total. The van der Waals surface area contributed by atoms with Crippen molar-refractivity contribution in [3.8, 4) is 0 Å². The number of aliphatic carboxylic acids is 2. The molecule has 462 valence electrons. The van der Waals surface area contributed by atoms with E-state index in [-0.39, 0.29) is 44.8 Å². The Morgan fingerprint density at radius 1 is 0.200 bits per heavy atom. The molecule has 12 aromatic rings. The van der Waals surface area contributed by atoms with Gasteiger partial charge in [0, 0.05) is 0 Å². The molecule has 0 unspecified atom stereocenters. The summed E-state index contributed by atoms with van der Waals surface area (Å²) in [6, 6.07) is 130. The van der Waals surface area contributed by atoms with Crippen LogP contribution >= 0.6 is 78.1 Å². The van der Waals surface area contributed by atoms with E-state index in [2.05, 4.69) is 364 Å². The molecule has 0 amide bonds. The van der Waals surface area contributed by atoms with Crippen molar-refractivity contribution in [1.29, 1.82) is 0 Å². The Kier molecular flexibility index (Phi) is 38.6. The van der Waals surface area contributed by atoms with Crippen LogP contribution in [0.1, 0.15) is 0 Å². The van der Waals surface area contributed by atoms with E-state index in [0.29, 0.717) is 0 Å². The first kappa shape index (κ1) is 76.0. The second-order valence-electron chi connectivity index (χ2n) is 18.7. The van der Waals surface area contributed by atoms with E-state index in [1.807, 2.05) is 0 Å². The molecule has 12 rings (SSSR count). The summed E-state index contributed by atoms with van der Waals surface area (Å²) in [4.78, 5) is 17.9. The average Bonchev–Trinajstić information content (AvgIpc) is 1.60. The van der Waals surface area contributed by atoms with Gasteiger partial charge in [-0.2, -0.15) is 0 Å². The van der Waals surface area contributed by atoms with Gasteiger partial charge in [-0.3, -0.25) is 0 Å². The van der Waals surface area contributed by atoms with E-state index in [4.69, 9.17) is 66.2 Å². The first-order valence-corrected chi connectivity index (χ1v) is 36.2. The third-order valence-electron chi connectivity index (χ3n) is 12.9. The zero-order valence-electron chi connectivity index (χ0n) is 48.8. The first-order chi connectivity index (χ1) is 43.3. The number of carboxylic acid groups (broad SMARTS) is 2. The van der Waals surface area contributed by atoms with Crippen LogP contribution in [0.4, 0.5) is 0 Å². The quantitative estimate of drug-likeness (QED) is 0.0528. The zero-order valence-corrected chi connectivity index (χ0v) is 57.7. The van der Waals surface area contributed by atoms with Gasteiger partial charge in [-0.15, -0.1) is 46.4 Å². The van der Waals surface area contributed by atoms with Gasteiger partial charge in [-0.05, 0) is 146 Å². The van der Waals surface area contributed by atoms with Crippen LogP contribution in [0.5, 0.6) is 0 Å². The molecule has 0 spiro atoms. The first-order valence-electron chi connectivity index (χ1n) is 28.1. The fourth-order valence-electron chi connectivity index (χ4n) is 9.26. The standard InChI is InChI=1S/4C18H15P.C2H2O4.2CH2Cl2.2Cu/c4*1-4-10-16(11-5-1)19(17-12-6-2-7-13-17)18-14-8-3-9-15-18;3-1(4)2(5)6;2*2-1-3;;/h4*1-15H;(H,3,4)(H,5,6);2*1H2;;/q;;;;;;;2*+1/p+2. The monoisotopic (exact) mass is 1430 g/mol. The number of carboxylic acids is 2. The summed E-state index contributed by atoms with van der Waals surface area (Å²) in [6.07, 6.45) is 0. The molecule has 0 aliphatic carbocycles. The normalized spacial score (nSPS) is 9.82. The van der Waals surface area contributed by atoms with Gasteiger partial charge < -0.3 is 19.8 Å². The number of rotatable bonds is 12. The maximum Gasteiger partial charge on any atom is 1.00 e. The number of benzene rings is 12. The van der Waals surface area contributed by atoms with Crippen LogP contribution in [-0.2, 0) is 43.7 Å². The molecule has 14 heteroatoms. The SMILES string of the molecule is ClCCl.ClCCl.O=C([O-])C(=O)[O-].[Cu+].[Cu+].c1ccc([PH+](c2ccccc2)c2ccccc2)cc1.c1ccc([PH+](c2ccccc2)c2ccccc2)cc1.c1ccc([PH+](c2ccccc2)c2ccccc2)cc1.c1ccc([PH+](c2ccccc2)c2ccccc2)cc1. The van der Waals surface area contributed by atoms with Gasteiger partial charge in [-0.25, -0.2) is 0 Å². The van der Waals surface area contributed by atoms with Crippen molar-refractivity contribution in [2.45, 2.75) is 0 Å². The molecule has 0 aliphatic heterocycles. The van der Waals surface area contributed by atoms with Gasteiger partial charge in [0.25, 0.3) is 0 Å². The average molecular weight is 1440 g/mol. The van der Waals surface area contributed by atoms with Crippen LogP contribution in [-0.4, -0.2) is 22.6 Å². The zero-order chi connectivity index (χ0) is 62.2. The summed E-state index contributed by atoms with van der Waals surface area (Å²) in [5.41, 5.74) is 0. The molecule has 0 N–H and O–H groups in total. The summed E-state index contributed by atoms with van der Waals surface area (Å²) in [6.45, 7) is 0. The second kappa shape index (κ2) is 45.7. The van der Waals surface area contributed by atoms with Crippen LogP contribution in [0.2, 0.25) is 0 Å². The molecule has 0 fully saturated rings. The molecule has 0 bridgehead atoms. The number of carbonyl (C=O) groups excluding carboxylic acids is 2. The number of halogens is 4. The predicted octanol–water partition coefficient (Wildman–Crippen LogP) is 12.0. The Hall–Kier alpha value is -6.50. The summed E-state index contributed by atoms with van der Waals surface area (Å²) in [5, 5.41) is 35.5. The van der Waals surface area contributed by atoms with Crippen molar-refractivity contribution in [3.05, 3.63) is 364 Å². The molecular weight excluding hydrogens is 1370 g/mol. The summed E-state index contributed by atoms with van der Waals surface area (Å²) in [5.74, 6) is -4.37. The minimum Gasteiger partial charge on any atom is -0.543 e. The van der Waals surface area contributed by atoms with E-state index in [1.54, 1.807) is 0 Å². The van der Waals surface area contributed by atoms with Crippen LogP contribution in [0.15, 0.2) is 364 Å². The van der Waals surface area contributed by atoms with Crippen molar-refractivity contribution in [2.75, 3.05) is 10.7 Å². The molecule has 0 aliphatic rings. The van der Waals surface area contributed by atoms with Crippen molar-refractivity contribution in [2.24, 2.45) is 0 Å². The van der Waals surface area contributed by atoms with Crippen molar-refractivity contribution < 1.29 is 53.9 Å². The molecule has 0 heterocycles. The molecule has 0 radical (unpaired) electrons. The van der Waals surface area contributed by atoms with Crippen LogP contribution < -0.4 is 73.9 Å². The van der Waals surface area contributed by atoms with Crippen LogP contribution in [0.3, 0.4) is 0 Å². The van der Waals surface area contributed by atoms with Gasteiger partial charge in [0.1, 0.15) is 63.7 Å². The number of hydrogen-bond acceptors (Lipinski definition) is 4. The van der Waals surface area contributed by atoms with Gasteiger partial charge in [0.2, 0.25) is 0 Å². The minimum absolute atomic E-state index is 0. The molecule has 0 atom stereocenters. The molecule has 90 heavy (non-hydrogen) atoms. The molecule has 0 saturated carbocycles. The molecule has 0 aromatic heterocycles. The van der Waals surface area contributed by atoms with Crippen LogP contribution in [0.25, 0.3) is 0 Å². The fourth-order valence-corrected chi connectivity index (χ4v) is 19.6. The van der Waals surface area contributed by atoms with Gasteiger partial charge in [-0.1, -0.05) is 218 Å². The van der Waals surface area contributed by atoms with E-state index >= 15 is 0 Å². The Morgan fingerprint density at radius 2 is 0.267 bits per heavy atom. The van der Waals surface area contributed by atoms with E-state index < -0.39 is 43.6 Å². The minimum atomic E-state index is -2.19. The third-order valence-corrected chi connectivity index (χ3v) is 23.8. The second-order valence-corrected chi connectivity index (χ2v) is 30.2. The Bertz CT molecular complexity index is 2870. The van der Waals surface area contributed by atoms with Crippen molar-refractivity contribution in [3.63, 3.8) is 0 Å². The predicted molar refractivity (Wildman–Crippen MR) is 389 cm³/mol. The Labute approximate surface area is 577 Å². The molecule has 0 saturated heterocycles. The maximum absolute atomic E-state index is 8.93. The largest absolute Gasteiger partial charge is 1.00 e. The number of hydrogen-bond donors (Lipinski definition) is 0. The summed E-state index contributed by atoms with van der Waals surface area (Å²) < 4.78 is 0.